The summed E-state index contributed by atoms with van der Waals surface area (Å²) in [5.41, 5.74) is 8.09. The summed E-state index contributed by atoms with van der Waals surface area (Å²) in [5, 5.41) is 4.12. The van der Waals surface area contributed by atoms with Crippen molar-refractivity contribution >= 4 is 65.8 Å². The van der Waals surface area contributed by atoms with Gasteiger partial charge in [0.05, 0.1) is 22.1 Å². The highest BCUT2D eigenvalue weighted by molar-refractivity contribution is 6.21. The SMILES string of the molecule is c1ccc(-n2c(-n3c4ccccc4c4cnc5c(ncc6c7ccccc7oc65)c43)nc3ccccc32)cc1. The molecule has 6 nitrogen and oxygen atoms in total. The zero-order chi connectivity index (χ0) is 25.5. The molecular weight excluding hydrogens is 482 g/mol. The first-order valence-corrected chi connectivity index (χ1v) is 12.9. The minimum Gasteiger partial charge on any atom is -0.454 e. The molecule has 6 heteroatoms. The van der Waals surface area contributed by atoms with Crippen LogP contribution in [0.3, 0.4) is 0 Å². The van der Waals surface area contributed by atoms with E-state index in [4.69, 9.17) is 19.4 Å². The molecule has 0 saturated carbocycles. The normalized spacial score (nSPS) is 12.1. The lowest BCUT2D eigenvalue weighted by Gasteiger charge is -2.12. The lowest BCUT2D eigenvalue weighted by atomic mass is 10.1. The minimum atomic E-state index is 0.739. The first kappa shape index (κ1) is 20.6. The van der Waals surface area contributed by atoms with Crippen molar-refractivity contribution in [3.8, 4) is 11.6 Å². The molecule has 5 heterocycles. The predicted octanol–water partition coefficient (Wildman–Crippen LogP) is 7.97. The number of imidazole rings is 1. The standard InChI is InChI=1S/C33H19N5O/c1-2-10-20(11-3-1)37-27-16-8-6-14-25(27)36-33(37)38-26-15-7-4-12-21(26)23-18-35-30-29(31(23)38)34-19-24-22-13-5-9-17-28(22)39-32(24)30/h1-19H. The van der Waals surface area contributed by atoms with E-state index in [-0.39, 0.29) is 0 Å². The molecule has 4 aromatic carbocycles. The molecule has 0 bridgehead atoms. The van der Waals surface area contributed by atoms with Crippen LogP contribution in [0.1, 0.15) is 0 Å². The largest absolute Gasteiger partial charge is 0.454 e. The molecule has 9 aromatic rings. The summed E-state index contributed by atoms with van der Waals surface area (Å²) in [6.45, 7) is 0. The monoisotopic (exact) mass is 501 g/mol. The second-order valence-corrected chi connectivity index (χ2v) is 9.74. The molecule has 0 atom stereocenters. The summed E-state index contributed by atoms with van der Waals surface area (Å²) in [6.07, 6.45) is 3.85. The Labute approximate surface area is 221 Å². The lowest BCUT2D eigenvalue weighted by molar-refractivity contribution is 0.671. The van der Waals surface area contributed by atoms with Crippen LogP contribution in [0.4, 0.5) is 0 Å². The summed E-state index contributed by atoms with van der Waals surface area (Å²) < 4.78 is 10.8. The molecule has 0 radical (unpaired) electrons. The van der Waals surface area contributed by atoms with Crippen LogP contribution in [0.15, 0.2) is 120 Å². The van der Waals surface area contributed by atoms with Crippen LogP contribution < -0.4 is 0 Å². The molecule has 0 fully saturated rings. The van der Waals surface area contributed by atoms with Crippen molar-refractivity contribution in [3.63, 3.8) is 0 Å². The molecule has 0 unspecified atom stereocenters. The fraction of sp³-hybridized carbons (Fsp3) is 0. The second-order valence-electron chi connectivity index (χ2n) is 9.74. The molecule has 0 N–H and O–H groups in total. The van der Waals surface area contributed by atoms with Gasteiger partial charge in [-0.2, -0.15) is 0 Å². The van der Waals surface area contributed by atoms with Crippen molar-refractivity contribution in [2.75, 3.05) is 0 Å². The van der Waals surface area contributed by atoms with Crippen LogP contribution in [-0.2, 0) is 0 Å². The van der Waals surface area contributed by atoms with Crippen LogP contribution in [0.25, 0.3) is 77.4 Å². The molecule has 182 valence electrons. The van der Waals surface area contributed by atoms with E-state index in [0.29, 0.717) is 0 Å². The highest BCUT2D eigenvalue weighted by Gasteiger charge is 2.23. The maximum Gasteiger partial charge on any atom is 0.220 e. The molecule has 0 aliphatic rings. The minimum absolute atomic E-state index is 0.739. The molecule has 5 aromatic heterocycles. The van der Waals surface area contributed by atoms with E-state index in [0.717, 1.165) is 77.4 Å². The van der Waals surface area contributed by atoms with Gasteiger partial charge in [-0.25, -0.2) is 9.97 Å². The quantitative estimate of drug-likeness (QED) is 0.241. The van der Waals surface area contributed by atoms with Gasteiger partial charge >= 0.3 is 0 Å². The first-order chi connectivity index (χ1) is 19.4. The number of hydrogen-bond donors (Lipinski definition) is 0. The lowest BCUT2D eigenvalue weighted by Crippen LogP contribution is -2.06. The van der Waals surface area contributed by atoms with Crippen LogP contribution in [0.5, 0.6) is 0 Å². The zero-order valence-electron chi connectivity index (χ0n) is 20.6. The molecule has 0 spiro atoms. The second kappa shape index (κ2) is 7.52. The van der Waals surface area contributed by atoms with Crippen molar-refractivity contribution in [2.24, 2.45) is 0 Å². The van der Waals surface area contributed by atoms with Gasteiger partial charge in [-0.3, -0.25) is 14.1 Å². The molecule has 0 aliphatic carbocycles. The van der Waals surface area contributed by atoms with Crippen molar-refractivity contribution in [3.05, 3.63) is 116 Å². The van der Waals surface area contributed by atoms with Crippen LogP contribution >= 0.6 is 0 Å². The Bertz CT molecular complexity index is 2400. The van der Waals surface area contributed by atoms with Gasteiger partial charge in [0.1, 0.15) is 16.6 Å². The maximum atomic E-state index is 6.34. The Morgan fingerprint density at radius 1 is 0.538 bits per heavy atom. The maximum absolute atomic E-state index is 6.34. The summed E-state index contributed by atoms with van der Waals surface area (Å²) in [5.74, 6) is 0.799. The molecule has 0 amide bonds. The predicted molar refractivity (Wildman–Crippen MR) is 156 cm³/mol. The van der Waals surface area contributed by atoms with Gasteiger partial charge in [0.15, 0.2) is 5.58 Å². The van der Waals surface area contributed by atoms with Gasteiger partial charge in [-0.05, 0) is 36.4 Å². The first-order valence-electron chi connectivity index (χ1n) is 12.9. The molecule has 9 rings (SSSR count). The van der Waals surface area contributed by atoms with Gasteiger partial charge in [-0.1, -0.05) is 66.7 Å². The number of fused-ring (bicyclic) bond motifs is 10. The molecule has 39 heavy (non-hydrogen) atoms. The Hall–Kier alpha value is -5.49. The summed E-state index contributed by atoms with van der Waals surface area (Å²) in [7, 11) is 0. The number of para-hydroxylation sites is 5. The van der Waals surface area contributed by atoms with E-state index >= 15 is 0 Å². The van der Waals surface area contributed by atoms with Gasteiger partial charge in [0, 0.05) is 39.6 Å². The Kier molecular flexibility index (Phi) is 3.96. The number of rotatable bonds is 2. The summed E-state index contributed by atoms with van der Waals surface area (Å²) in [4.78, 5) is 15.1. The van der Waals surface area contributed by atoms with Gasteiger partial charge < -0.3 is 4.42 Å². The highest BCUT2D eigenvalue weighted by atomic mass is 16.3. The zero-order valence-corrected chi connectivity index (χ0v) is 20.6. The van der Waals surface area contributed by atoms with E-state index in [1.54, 1.807) is 0 Å². The molecule has 0 aliphatic heterocycles. The number of nitrogens with zero attached hydrogens (tertiary/aromatic N) is 5. The smallest absolute Gasteiger partial charge is 0.220 e. The number of aromatic nitrogens is 5. The van der Waals surface area contributed by atoms with E-state index in [1.165, 1.54) is 0 Å². The van der Waals surface area contributed by atoms with E-state index in [2.05, 4.69) is 81.9 Å². The Morgan fingerprint density at radius 2 is 1.23 bits per heavy atom. The highest BCUT2D eigenvalue weighted by Crippen LogP contribution is 2.39. The Balaban J connectivity index is 1.50. The van der Waals surface area contributed by atoms with Gasteiger partial charge in [0.2, 0.25) is 5.95 Å². The van der Waals surface area contributed by atoms with Crippen LogP contribution in [0, 0.1) is 0 Å². The van der Waals surface area contributed by atoms with Crippen molar-refractivity contribution < 1.29 is 4.42 Å². The number of hydrogen-bond acceptors (Lipinski definition) is 4. The van der Waals surface area contributed by atoms with Gasteiger partial charge in [-0.15, -0.1) is 0 Å². The fourth-order valence-electron chi connectivity index (χ4n) is 5.92. The van der Waals surface area contributed by atoms with Gasteiger partial charge in [0.25, 0.3) is 0 Å². The van der Waals surface area contributed by atoms with Crippen LogP contribution in [0.2, 0.25) is 0 Å². The molecular formula is C33H19N5O. The number of benzene rings is 4. The molecule has 0 saturated heterocycles. The Morgan fingerprint density at radius 3 is 2.13 bits per heavy atom. The topological polar surface area (TPSA) is 61.7 Å². The third kappa shape index (κ3) is 2.72. The third-order valence-electron chi connectivity index (χ3n) is 7.61. The van der Waals surface area contributed by atoms with E-state index < -0.39 is 0 Å². The number of furan rings is 1. The average molecular weight is 502 g/mol. The third-order valence-corrected chi connectivity index (χ3v) is 7.61. The summed E-state index contributed by atoms with van der Waals surface area (Å²) in [6, 6.07) is 35.1. The average Bonchev–Trinajstić information content (AvgIpc) is 3.67. The van der Waals surface area contributed by atoms with Crippen molar-refractivity contribution in [1.29, 1.82) is 0 Å². The van der Waals surface area contributed by atoms with Crippen LogP contribution in [-0.4, -0.2) is 24.1 Å². The number of pyridine rings is 2. The van der Waals surface area contributed by atoms with E-state index in [9.17, 15) is 0 Å². The van der Waals surface area contributed by atoms with Crippen molar-refractivity contribution in [1.82, 2.24) is 24.1 Å². The van der Waals surface area contributed by atoms with Crippen molar-refractivity contribution in [2.45, 2.75) is 0 Å². The fourth-order valence-corrected chi connectivity index (χ4v) is 5.92. The summed E-state index contributed by atoms with van der Waals surface area (Å²) >= 11 is 0. The van der Waals surface area contributed by atoms with E-state index in [1.807, 2.05) is 42.7 Å².